The molecule has 0 radical (unpaired) electrons. The van der Waals surface area contributed by atoms with Crippen LogP contribution in [0.2, 0.25) is 15.1 Å². The predicted molar refractivity (Wildman–Crippen MR) is 207 cm³/mol. The molecule has 292 valence electrons. The van der Waals surface area contributed by atoms with E-state index in [4.69, 9.17) is 49.0 Å². The zero-order chi connectivity index (χ0) is 39.2. The fraction of sp³-hybridized carbons (Fsp3) is 0.475. The highest BCUT2D eigenvalue weighted by Crippen LogP contribution is 2.39. The van der Waals surface area contributed by atoms with E-state index < -0.39 is 30.4 Å². The zero-order valence-corrected chi connectivity index (χ0v) is 33.2. The quantitative estimate of drug-likeness (QED) is 0.162. The zero-order valence-electron chi connectivity index (χ0n) is 31.0. The summed E-state index contributed by atoms with van der Waals surface area (Å²) in [7, 11) is 0. The van der Waals surface area contributed by atoms with Gasteiger partial charge < -0.3 is 34.0 Å². The van der Waals surface area contributed by atoms with Crippen LogP contribution in [0.5, 0.6) is 11.5 Å². The van der Waals surface area contributed by atoms with Gasteiger partial charge in [-0.25, -0.2) is 14.0 Å². The summed E-state index contributed by atoms with van der Waals surface area (Å²) in [6, 6.07) is 16.4. The van der Waals surface area contributed by atoms with Crippen molar-refractivity contribution in [1.82, 2.24) is 14.7 Å². The number of ether oxygens (including phenoxy) is 3. The lowest BCUT2D eigenvalue weighted by molar-refractivity contribution is -0.139. The Labute approximate surface area is 331 Å². The Morgan fingerprint density at radius 1 is 0.907 bits per heavy atom. The Morgan fingerprint density at radius 2 is 1.57 bits per heavy atom. The van der Waals surface area contributed by atoms with Gasteiger partial charge in [-0.2, -0.15) is 0 Å². The third-order valence-electron chi connectivity index (χ3n) is 9.35. The van der Waals surface area contributed by atoms with Crippen LogP contribution in [-0.2, 0) is 22.6 Å². The van der Waals surface area contributed by atoms with E-state index in [-0.39, 0.29) is 57.3 Å². The maximum Gasteiger partial charge on any atom is 0.410 e. The Morgan fingerprint density at radius 3 is 2.19 bits per heavy atom. The first-order chi connectivity index (χ1) is 25.6. The second-order valence-electron chi connectivity index (χ2n) is 14.8. The molecule has 54 heavy (non-hydrogen) atoms. The van der Waals surface area contributed by atoms with Gasteiger partial charge in [0.1, 0.15) is 31.2 Å². The molecular formula is C40H47Cl3FN3O7. The van der Waals surface area contributed by atoms with E-state index in [1.807, 2.05) is 42.2 Å². The molecule has 0 unspecified atom stereocenters. The second-order valence-corrected chi connectivity index (χ2v) is 16.0. The van der Waals surface area contributed by atoms with Gasteiger partial charge in [-0.1, -0.05) is 59.1 Å². The normalized spacial score (nSPS) is 17.1. The third kappa shape index (κ3) is 11.1. The van der Waals surface area contributed by atoms with Gasteiger partial charge in [0, 0.05) is 37.2 Å². The molecule has 1 heterocycles. The maximum atomic E-state index is 14.5. The molecule has 1 N–H and O–H groups in total. The molecule has 2 aliphatic rings. The molecule has 1 saturated heterocycles. The van der Waals surface area contributed by atoms with Gasteiger partial charge in [0.25, 0.3) is 0 Å². The van der Waals surface area contributed by atoms with Crippen LogP contribution in [0.25, 0.3) is 0 Å². The van der Waals surface area contributed by atoms with Gasteiger partial charge in [0.2, 0.25) is 5.91 Å². The predicted octanol–water partition coefficient (Wildman–Crippen LogP) is 9.39. The molecule has 1 aliphatic carbocycles. The van der Waals surface area contributed by atoms with Crippen molar-refractivity contribution >= 4 is 52.9 Å². The highest BCUT2D eigenvalue weighted by atomic mass is 35.5. The largest absolute Gasteiger partial charge is 0.490 e. The monoisotopic (exact) mass is 805 g/mol. The number of amides is 3. The highest BCUT2D eigenvalue weighted by Gasteiger charge is 2.43. The van der Waals surface area contributed by atoms with E-state index in [1.165, 1.54) is 9.80 Å². The minimum Gasteiger partial charge on any atom is -0.490 e. The first kappa shape index (κ1) is 41.2. The molecule has 3 amide bonds. The lowest BCUT2D eigenvalue weighted by Crippen LogP contribution is -2.49. The van der Waals surface area contributed by atoms with Crippen LogP contribution < -0.4 is 9.47 Å². The molecule has 2 atom stereocenters. The minimum atomic E-state index is -1.07. The SMILES string of the molecule is Cc1cc(Cl)c(OCCOc2ccc([C@H]3CCN(C(=O)O)C[C@@H]3C(=O)N(Cc3cc(CN(CCF)C(=O)OC(C)(C)C)ccc3Cl)C3CC3)cc2)c(Cl)c1. The average molecular weight is 807 g/mol. The van der Waals surface area contributed by atoms with Gasteiger partial charge in [-0.3, -0.25) is 4.79 Å². The van der Waals surface area contributed by atoms with E-state index in [0.29, 0.717) is 50.7 Å². The molecule has 10 nitrogen and oxygen atoms in total. The third-order valence-corrected chi connectivity index (χ3v) is 10.3. The summed E-state index contributed by atoms with van der Waals surface area (Å²) in [6.45, 7) is 7.40. The van der Waals surface area contributed by atoms with Gasteiger partial charge in [0.05, 0.1) is 22.5 Å². The average Bonchev–Trinajstić information content (AvgIpc) is 3.95. The molecule has 0 spiro atoms. The van der Waals surface area contributed by atoms with Crippen LogP contribution in [0.15, 0.2) is 54.6 Å². The molecule has 0 aromatic heterocycles. The van der Waals surface area contributed by atoms with E-state index in [1.54, 1.807) is 45.0 Å². The van der Waals surface area contributed by atoms with Gasteiger partial charge in [0.15, 0.2) is 5.75 Å². The first-order valence-corrected chi connectivity index (χ1v) is 19.2. The van der Waals surface area contributed by atoms with Gasteiger partial charge in [-0.15, -0.1) is 0 Å². The number of nitrogens with zero attached hydrogens (tertiary/aromatic N) is 3. The first-order valence-electron chi connectivity index (χ1n) is 18.0. The molecule has 1 aliphatic heterocycles. The van der Waals surface area contributed by atoms with E-state index in [2.05, 4.69) is 0 Å². The van der Waals surface area contributed by atoms with Crippen molar-refractivity contribution in [3.05, 3.63) is 91.9 Å². The number of likely N-dealkylation sites (tertiary alicyclic amines) is 1. The maximum absolute atomic E-state index is 14.5. The van der Waals surface area contributed by atoms with Crippen molar-refractivity contribution in [3.8, 4) is 11.5 Å². The van der Waals surface area contributed by atoms with Crippen molar-refractivity contribution < 1.29 is 38.1 Å². The molecule has 14 heteroatoms. The van der Waals surface area contributed by atoms with Crippen molar-refractivity contribution in [2.24, 2.45) is 5.92 Å². The number of carboxylic acid groups (broad SMARTS) is 1. The molecule has 1 saturated carbocycles. The summed E-state index contributed by atoms with van der Waals surface area (Å²) in [6.07, 6.45) is 0.425. The van der Waals surface area contributed by atoms with Crippen LogP contribution in [0.3, 0.4) is 0 Å². The summed E-state index contributed by atoms with van der Waals surface area (Å²) >= 11 is 19.2. The Hall–Kier alpha value is -3.93. The van der Waals surface area contributed by atoms with Crippen LogP contribution in [0.1, 0.15) is 68.2 Å². The Kier molecular flexibility index (Phi) is 13.8. The fourth-order valence-electron chi connectivity index (χ4n) is 6.62. The lowest BCUT2D eigenvalue weighted by atomic mass is 9.79. The number of halogens is 4. The number of alkyl halides is 1. The summed E-state index contributed by atoms with van der Waals surface area (Å²) in [4.78, 5) is 43.9. The van der Waals surface area contributed by atoms with Crippen molar-refractivity contribution in [3.63, 3.8) is 0 Å². The number of hydrogen-bond acceptors (Lipinski definition) is 6. The van der Waals surface area contributed by atoms with Crippen LogP contribution in [0, 0.1) is 12.8 Å². The smallest absolute Gasteiger partial charge is 0.410 e. The van der Waals surface area contributed by atoms with Crippen LogP contribution >= 0.6 is 34.8 Å². The molecule has 2 fully saturated rings. The Bertz CT molecular complexity index is 1780. The molecular weight excluding hydrogens is 760 g/mol. The summed E-state index contributed by atoms with van der Waals surface area (Å²) in [5.74, 6) is 0.00462. The van der Waals surface area contributed by atoms with Crippen molar-refractivity contribution in [2.75, 3.05) is 39.5 Å². The topological polar surface area (TPSA) is 109 Å². The van der Waals surface area contributed by atoms with Crippen LogP contribution in [0.4, 0.5) is 14.0 Å². The highest BCUT2D eigenvalue weighted by molar-refractivity contribution is 6.37. The number of aryl methyl sites for hydroxylation is 1. The number of rotatable bonds is 14. The minimum absolute atomic E-state index is 0.00876. The van der Waals surface area contributed by atoms with Crippen molar-refractivity contribution in [2.45, 2.75) is 77.6 Å². The molecule has 3 aromatic carbocycles. The van der Waals surface area contributed by atoms with Crippen molar-refractivity contribution in [1.29, 1.82) is 0 Å². The van der Waals surface area contributed by atoms with Crippen LogP contribution in [-0.4, -0.2) is 89.1 Å². The summed E-state index contributed by atoms with van der Waals surface area (Å²) < 4.78 is 30.6. The number of benzene rings is 3. The lowest BCUT2D eigenvalue weighted by Gasteiger charge is -2.39. The van der Waals surface area contributed by atoms with E-state index >= 15 is 0 Å². The molecule has 0 bridgehead atoms. The number of carbonyl (C=O) groups excluding carboxylic acids is 2. The summed E-state index contributed by atoms with van der Waals surface area (Å²) in [5, 5.41) is 11.2. The number of hydrogen-bond donors (Lipinski definition) is 1. The number of piperidine rings is 1. The number of carbonyl (C=O) groups is 3. The van der Waals surface area contributed by atoms with E-state index in [9.17, 15) is 23.9 Å². The molecule has 5 rings (SSSR count). The fourth-order valence-corrected chi connectivity index (χ4v) is 7.50. The van der Waals surface area contributed by atoms with E-state index in [0.717, 1.165) is 24.0 Å². The van der Waals surface area contributed by atoms with Gasteiger partial charge in [-0.05, 0) is 105 Å². The standard InChI is InChI=1S/C40H47Cl3FN3O7/c1-25-19-34(42)36(35(43)20-25)53-18-17-52-30-10-6-27(7-11-30)31-13-15-45(38(49)50)24-32(31)37(48)47(29-8-9-29)23-28-21-26(5-12-33(28)41)22-46(16-14-44)39(51)54-40(2,3)4/h5-7,10-12,19-21,29,31-32H,8-9,13-18,22-24H2,1-4H3,(H,49,50)/t31-,32+/m1/s1. The summed E-state index contributed by atoms with van der Waals surface area (Å²) in [5.41, 5.74) is 2.48. The molecule has 3 aromatic rings. The second kappa shape index (κ2) is 18.1. The Balaban J connectivity index is 1.29. The van der Waals surface area contributed by atoms with Gasteiger partial charge >= 0.3 is 12.2 Å².